The second-order valence-corrected chi connectivity index (χ2v) is 4.05. The van der Waals surface area contributed by atoms with E-state index in [1.165, 1.54) is 6.20 Å². The first kappa shape index (κ1) is 15.4. The summed E-state index contributed by atoms with van der Waals surface area (Å²) in [4.78, 5) is 19.9. The Morgan fingerprint density at radius 2 is 2.16 bits per heavy atom. The highest BCUT2D eigenvalue weighted by Crippen LogP contribution is 2.08. The summed E-state index contributed by atoms with van der Waals surface area (Å²) < 4.78 is 4.93. The molecule has 1 heterocycles. The SMILES string of the molecule is CCNCCCNc1ncc(C(=O)OCC)c(C)n1. The van der Waals surface area contributed by atoms with Gasteiger partial charge in [0, 0.05) is 12.7 Å². The van der Waals surface area contributed by atoms with Crippen molar-refractivity contribution in [3.63, 3.8) is 0 Å². The topological polar surface area (TPSA) is 76.1 Å². The summed E-state index contributed by atoms with van der Waals surface area (Å²) in [5, 5.41) is 6.37. The van der Waals surface area contributed by atoms with Crippen molar-refractivity contribution in [3.05, 3.63) is 17.5 Å². The smallest absolute Gasteiger partial charge is 0.341 e. The predicted molar refractivity (Wildman–Crippen MR) is 74.4 cm³/mol. The van der Waals surface area contributed by atoms with E-state index in [0.717, 1.165) is 26.1 Å². The van der Waals surface area contributed by atoms with Crippen LogP contribution >= 0.6 is 0 Å². The number of esters is 1. The lowest BCUT2D eigenvalue weighted by Crippen LogP contribution is -2.18. The van der Waals surface area contributed by atoms with E-state index in [1.807, 2.05) is 0 Å². The van der Waals surface area contributed by atoms with Gasteiger partial charge >= 0.3 is 5.97 Å². The number of hydrogen-bond donors (Lipinski definition) is 2. The summed E-state index contributed by atoms with van der Waals surface area (Å²) >= 11 is 0. The van der Waals surface area contributed by atoms with Gasteiger partial charge in [-0.3, -0.25) is 0 Å². The Bertz CT molecular complexity index is 410. The molecule has 6 heteroatoms. The number of aryl methyl sites for hydroxylation is 1. The number of nitrogens with zero attached hydrogens (tertiary/aromatic N) is 2. The van der Waals surface area contributed by atoms with E-state index in [-0.39, 0.29) is 5.97 Å². The first-order valence-electron chi connectivity index (χ1n) is 6.64. The van der Waals surface area contributed by atoms with Gasteiger partial charge in [0.1, 0.15) is 0 Å². The molecule has 0 aliphatic carbocycles. The van der Waals surface area contributed by atoms with Gasteiger partial charge in [0.25, 0.3) is 0 Å². The molecule has 0 saturated heterocycles. The van der Waals surface area contributed by atoms with Gasteiger partial charge in [-0.2, -0.15) is 0 Å². The Kier molecular flexibility index (Phi) is 6.81. The van der Waals surface area contributed by atoms with E-state index in [9.17, 15) is 4.79 Å². The van der Waals surface area contributed by atoms with Crippen molar-refractivity contribution < 1.29 is 9.53 Å². The zero-order valence-corrected chi connectivity index (χ0v) is 11.8. The number of carbonyl (C=O) groups excluding carboxylic acids is 1. The van der Waals surface area contributed by atoms with Crippen LogP contribution in [0.3, 0.4) is 0 Å². The summed E-state index contributed by atoms with van der Waals surface area (Å²) in [5.41, 5.74) is 1.04. The Balaban J connectivity index is 2.49. The molecule has 0 atom stereocenters. The molecule has 0 bridgehead atoms. The first-order chi connectivity index (χ1) is 9.19. The molecule has 0 unspecified atom stereocenters. The lowest BCUT2D eigenvalue weighted by Gasteiger charge is -2.08. The maximum absolute atomic E-state index is 11.6. The molecule has 0 radical (unpaired) electrons. The van der Waals surface area contributed by atoms with Gasteiger partial charge in [-0.05, 0) is 33.4 Å². The van der Waals surface area contributed by atoms with Crippen LogP contribution in [-0.4, -0.2) is 42.2 Å². The highest BCUT2D eigenvalue weighted by atomic mass is 16.5. The van der Waals surface area contributed by atoms with Crippen LogP contribution < -0.4 is 10.6 Å². The fourth-order valence-electron chi connectivity index (χ4n) is 1.55. The van der Waals surface area contributed by atoms with E-state index >= 15 is 0 Å². The molecule has 0 aliphatic rings. The molecule has 0 fully saturated rings. The summed E-state index contributed by atoms with van der Waals surface area (Å²) in [6.07, 6.45) is 2.50. The number of ether oxygens (including phenoxy) is 1. The van der Waals surface area contributed by atoms with Crippen molar-refractivity contribution in [2.24, 2.45) is 0 Å². The number of nitrogens with one attached hydrogen (secondary N) is 2. The average molecular weight is 266 g/mol. The highest BCUT2D eigenvalue weighted by Gasteiger charge is 2.12. The quantitative estimate of drug-likeness (QED) is 0.547. The number of rotatable bonds is 8. The van der Waals surface area contributed by atoms with Crippen LogP contribution in [0.15, 0.2) is 6.20 Å². The normalized spacial score (nSPS) is 10.3. The monoisotopic (exact) mass is 266 g/mol. The molecule has 0 saturated carbocycles. The Morgan fingerprint density at radius 3 is 2.79 bits per heavy atom. The fourth-order valence-corrected chi connectivity index (χ4v) is 1.55. The molecule has 106 valence electrons. The number of anilines is 1. The van der Waals surface area contributed by atoms with Gasteiger partial charge in [-0.15, -0.1) is 0 Å². The van der Waals surface area contributed by atoms with Crippen molar-refractivity contribution in [1.29, 1.82) is 0 Å². The number of carbonyl (C=O) groups is 1. The van der Waals surface area contributed by atoms with Gasteiger partial charge in [0.15, 0.2) is 0 Å². The maximum atomic E-state index is 11.6. The van der Waals surface area contributed by atoms with Crippen LogP contribution in [0, 0.1) is 6.92 Å². The van der Waals surface area contributed by atoms with Crippen molar-refractivity contribution in [3.8, 4) is 0 Å². The van der Waals surface area contributed by atoms with Crippen LogP contribution in [-0.2, 0) is 4.74 Å². The minimum absolute atomic E-state index is 0.350. The zero-order chi connectivity index (χ0) is 14.1. The average Bonchev–Trinajstić information content (AvgIpc) is 2.39. The summed E-state index contributed by atoms with van der Waals surface area (Å²) in [6, 6.07) is 0. The molecule has 1 rings (SSSR count). The van der Waals surface area contributed by atoms with Gasteiger partial charge < -0.3 is 15.4 Å². The van der Waals surface area contributed by atoms with Crippen molar-refractivity contribution >= 4 is 11.9 Å². The van der Waals surface area contributed by atoms with Gasteiger partial charge in [-0.25, -0.2) is 14.8 Å². The third-order valence-corrected chi connectivity index (χ3v) is 2.54. The Labute approximate surface area is 114 Å². The molecule has 0 aromatic carbocycles. The molecule has 6 nitrogen and oxygen atoms in total. The van der Waals surface area contributed by atoms with Gasteiger partial charge in [0.2, 0.25) is 5.95 Å². The minimum Gasteiger partial charge on any atom is -0.462 e. The molecule has 2 N–H and O–H groups in total. The van der Waals surface area contributed by atoms with E-state index in [1.54, 1.807) is 13.8 Å². The molecule has 1 aromatic heterocycles. The van der Waals surface area contributed by atoms with Crippen molar-refractivity contribution in [2.45, 2.75) is 27.2 Å². The largest absolute Gasteiger partial charge is 0.462 e. The van der Waals surface area contributed by atoms with Crippen LogP contribution in [0.2, 0.25) is 0 Å². The van der Waals surface area contributed by atoms with Crippen LogP contribution in [0.25, 0.3) is 0 Å². The van der Waals surface area contributed by atoms with Crippen molar-refractivity contribution in [2.75, 3.05) is 31.6 Å². The maximum Gasteiger partial charge on any atom is 0.341 e. The first-order valence-corrected chi connectivity index (χ1v) is 6.64. The third kappa shape index (κ3) is 5.21. The number of aromatic nitrogens is 2. The fraction of sp³-hybridized carbons (Fsp3) is 0.615. The Hall–Kier alpha value is -1.69. The molecule has 0 aliphatic heterocycles. The lowest BCUT2D eigenvalue weighted by molar-refractivity contribution is 0.0524. The van der Waals surface area contributed by atoms with Crippen LogP contribution in [0.5, 0.6) is 0 Å². The summed E-state index contributed by atoms with van der Waals surface area (Å²) in [5.74, 6) is 0.167. The highest BCUT2D eigenvalue weighted by molar-refractivity contribution is 5.90. The van der Waals surface area contributed by atoms with Crippen molar-refractivity contribution in [1.82, 2.24) is 15.3 Å². The molecule has 0 amide bonds. The van der Waals surface area contributed by atoms with Crippen LogP contribution in [0.4, 0.5) is 5.95 Å². The molecule has 19 heavy (non-hydrogen) atoms. The predicted octanol–water partition coefficient (Wildman–Crippen LogP) is 1.37. The van der Waals surface area contributed by atoms with Gasteiger partial charge in [0.05, 0.1) is 17.9 Å². The Morgan fingerprint density at radius 1 is 1.37 bits per heavy atom. The van der Waals surface area contributed by atoms with Crippen LogP contribution in [0.1, 0.15) is 36.3 Å². The van der Waals surface area contributed by atoms with E-state index in [2.05, 4.69) is 27.5 Å². The lowest BCUT2D eigenvalue weighted by atomic mass is 10.2. The minimum atomic E-state index is -0.376. The second-order valence-electron chi connectivity index (χ2n) is 4.05. The third-order valence-electron chi connectivity index (χ3n) is 2.54. The standard InChI is InChI=1S/C13H22N4O2/c1-4-14-7-6-8-15-13-16-9-11(10(3)17-13)12(18)19-5-2/h9,14H,4-8H2,1-3H3,(H,15,16,17). The molecular formula is C13H22N4O2. The molecular weight excluding hydrogens is 244 g/mol. The second kappa shape index (κ2) is 8.42. The zero-order valence-electron chi connectivity index (χ0n) is 11.8. The van der Waals surface area contributed by atoms with E-state index < -0.39 is 0 Å². The molecule has 1 aromatic rings. The molecule has 0 spiro atoms. The van der Waals surface area contributed by atoms with E-state index in [0.29, 0.717) is 23.8 Å². The number of hydrogen-bond acceptors (Lipinski definition) is 6. The van der Waals surface area contributed by atoms with E-state index in [4.69, 9.17) is 4.74 Å². The van der Waals surface area contributed by atoms with Gasteiger partial charge in [-0.1, -0.05) is 6.92 Å². The summed E-state index contributed by atoms with van der Waals surface area (Å²) in [6.45, 7) is 8.71. The summed E-state index contributed by atoms with van der Waals surface area (Å²) in [7, 11) is 0.